The van der Waals surface area contributed by atoms with Crippen LogP contribution in [0.5, 0.6) is 11.5 Å². The van der Waals surface area contributed by atoms with Crippen LogP contribution in [0, 0.1) is 63.1 Å². The number of rotatable bonds is 5. The van der Waals surface area contributed by atoms with Crippen LogP contribution in [0.3, 0.4) is 0 Å². The predicted molar refractivity (Wildman–Crippen MR) is 251 cm³/mol. The van der Waals surface area contributed by atoms with Crippen LogP contribution >= 0.6 is 0 Å². The Morgan fingerprint density at radius 3 is 2.40 bits per heavy atom. The maximum absolute atomic E-state index is 15.7. The van der Waals surface area contributed by atoms with Gasteiger partial charge in [-0.15, -0.1) is 0 Å². The highest BCUT2D eigenvalue weighted by Gasteiger charge is 2.85. The molecule has 2 aromatic rings. The summed E-state index contributed by atoms with van der Waals surface area (Å²) in [6, 6.07) is 11.2. The Hall–Kier alpha value is -3.39. The summed E-state index contributed by atoms with van der Waals surface area (Å²) in [5, 5.41) is 106. The molecule has 5 saturated carbocycles. The summed E-state index contributed by atoms with van der Waals surface area (Å²) in [5.74, 6) is -4.20. The first-order valence-electron chi connectivity index (χ1n) is 25.5. The number of hydrogen-bond acceptors (Lipinski definition) is 11. The first-order valence-corrected chi connectivity index (χ1v) is 25.5. The highest BCUT2D eigenvalue weighted by molar-refractivity contribution is 5.96. The van der Waals surface area contributed by atoms with Gasteiger partial charge in [-0.25, -0.2) is 0 Å². The van der Waals surface area contributed by atoms with Gasteiger partial charge in [0.05, 0.1) is 29.5 Å². The lowest BCUT2D eigenvalue weighted by molar-refractivity contribution is -0.255. The zero-order valence-electron chi connectivity index (χ0n) is 39.7. The Morgan fingerprint density at radius 2 is 1.67 bits per heavy atom. The van der Waals surface area contributed by atoms with Crippen molar-refractivity contribution in [3.8, 4) is 11.5 Å². The number of ketones is 1. The van der Waals surface area contributed by atoms with Crippen molar-refractivity contribution < 1.29 is 50.4 Å². The van der Waals surface area contributed by atoms with Crippen molar-refractivity contribution in [2.45, 2.75) is 145 Å². The number of hydrogen-bond donors (Lipinski definition) is 9. The molecular formula is C56H71NO10. The van der Waals surface area contributed by atoms with Gasteiger partial charge in [-0.05, 0) is 137 Å². The van der Waals surface area contributed by atoms with Gasteiger partial charge in [0.25, 0.3) is 0 Å². The fourth-order valence-corrected chi connectivity index (χ4v) is 19.2. The summed E-state index contributed by atoms with van der Waals surface area (Å²) >= 11 is 0. The number of ether oxygens (including phenoxy) is 1. The maximum atomic E-state index is 15.7. The maximum Gasteiger partial charge on any atom is 0.160 e. The summed E-state index contributed by atoms with van der Waals surface area (Å²) in [5.41, 5.74) is -7.13. The molecule has 13 rings (SSSR count). The number of nitrogens with one attached hydrogen (secondary N) is 1. The average Bonchev–Trinajstić information content (AvgIpc) is 3.80. The number of fused-ring (bicyclic) bond motifs is 17. The normalized spacial score (nSPS) is 50.6. The van der Waals surface area contributed by atoms with Gasteiger partial charge in [0.2, 0.25) is 0 Å². The Balaban J connectivity index is 1.08. The fraction of sp³-hybridized carbons (Fsp3) is 0.661. The number of aromatic hydroxyl groups is 2. The average molecular weight is 918 g/mol. The molecule has 67 heavy (non-hydrogen) atoms. The number of benzene rings is 2. The van der Waals surface area contributed by atoms with E-state index < -0.39 is 80.6 Å². The lowest BCUT2D eigenvalue weighted by Gasteiger charge is -2.70. The number of aliphatic hydroxyl groups is 6. The lowest BCUT2D eigenvalue weighted by atomic mass is 9.35. The van der Waals surface area contributed by atoms with E-state index in [0.29, 0.717) is 36.1 Å². The number of carbonyl (C=O) groups is 1. The molecule has 0 aromatic heterocycles. The molecular weight excluding hydrogens is 847 g/mol. The van der Waals surface area contributed by atoms with Crippen LogP contribution in [-0.4, -0.2) is 107 Å². The second-order valence-corrected chi connectivity index (χ2v) is 24.4. The van der Waals surface area contributed by atoms with E-state index in [1.165, 1.54) is 11.3 Å². The van der Waals surface area contributed by atoms with E-state index in [0.717, 1.165) is 36.6 Å². The van der Waals surface area contributed by atoms with Crippen LogP contribution in [0.1, 0.15) is 109 Å². The largest absolute Gasteiger partial charge is 0.508 e. The second-order valence-electron chi connectivity index (χ2n) is 24.4. The monoisotopic (exact) mass is 918 g/mol. The van der Waals surface area contributed by atoms with Crippen molar-refractivity contribution in [2.24, 2.45) is 63.1 Å². The minimum atomic E-state index is -1.80. The predicted octanol–water partition coefficient (Wildman–Crippen LogP) is 4.03. The molecule has 1 aliphatic heterocycles. The molecule has 1 saturated heterocycles. The number of carbonyl (C=O) groups excluding carboxylic acids is 1. The molecule has 2 bridgehead atoms. The molecule has 1 heterocycles. The number of phenolic OH excluding ortho intramolecular Hbond substituents is 2. The molecule has 11 aliphatic rings. The summed E-state index contributed by atoms with van der Waals surface area (Å²) < 4.78 is 7.57. The minimum Gasteiger partial charge on any atom is -0.508 e. The summed E-state index contributed by atoms with van der Waals surface area (Å²) in [7, 11) is 0. The molecule has 19 atom stereocenters. The lowest BCUT2D eigenvalue weighted by Crippen LogP contribution is -2.73. The molecule has 11 nitrogen and oxygen atoms in total. The van der Waals surface area contributed by atoms with Crippen LogP contribution < -0.4 is 15.8 Å². The van der Waals surface area contributed by atoms with E-state index in [1.54, 1.807) is 12.1 Å². The van der Waals surface area contributed by atoms with Gasteiger partial charge in [0, 0.05) is 61.1 Å². The number of allylic oxidation sites excluding steroid dienone is 2. The van der Waals surface area contributed by atoms with Crippen molar-refractivity contribution in [2.75, 3.05) is 19.7 Å². The topological polar surface area (TPSA) is 200 Å². The van der Waals surface area contributed by atoms with Crippen LogP contribution in [0.25, 0.3) is 12.2 Å². The van der Waals surface area contributed by atoms with E-state index in [2.05, 4.69) is 82.4 Å². The molecule has 10 aliphatic carbocycles. The van der Waals surface area contributed by atoms with E-state index in [1.807, 2.05) is 0 Å². The van der Waals surface area contributed by atoms with E-state index in [-0.39, 0.29) is 85.1 Å². The molecule has 2 aromatic carbocycles. The molecule has 11 heteroatoms. The van der Waals surface area contributed by atoms with E-state index >= 15 is 4.79 Å². The van der Waals surface area contributed by atoms with Gasteiger partial charge < -0.3 is 50.9 Å². The van der Waals surface area contributed by atoms with Crippen molar-refractivity contribution in [3.63, 3.8) is 0 Å². The van der Waals surface area contributed by atoms with Crippen LogP contribution in [0.15, 0.2) is 59.7 Å². The van der Waals surface area contributed by atoms with Crippen LogP contribution in [0.4, 0.5) is 0 Å². The Bertz CT molecular complexity index is 2660. The van der Waals surface area contributed by atoms with Crippen LogP contribution in [-0.2, 0) is 16.0 Å². The van der Waals surface area contributed by atoms with Crippen molar-refractivity contribution in [1.29, 1.82) is 0 Å². The molecule has 0 radical (unpaired) electrons. The van der Waals surface area contributed by atoms with Crippen LogP contribution in [0.2, 0.25) is 0 Å². The highest BCUT2D eigenvalue weighted by atomic mass is 16.6. The summed E-state index contributed by atoms with van der Waals surface area (Å²) in [4.78, 5) is 15.7. The molecule has 0 unspecified atom stereocenters. The molecule has 2 spiro atoms. The third-order valence-electron chi connectivity index (χ3n) is 21.8. The molecule has 360 valence electrons. The summed E-state index contributed by atoms with van der Waals surface area (Å²) in [6.07, 6.45) is 9.70. The second kappa shape index (κ2) is 14.1. The Morgan fingerprint density at radius 1 is 0.925 bits per heavy atom. The molecule has 9 N–H and O–H groups in total. The van der Waals surface area contributed by atoms with E-state index in [9.17, 15) is 40.9 Å². The zero-order valence-corrected chi connectivity index (χ0v) is 39.7. The van der Waals surface area contributed by atoms with Gasteiger partial charge in [-0.3, -0.25) is 4.79 Å². The SMILES string of the molecule is CCNCC1=C[C@@]2(C)CC[C@@H]1[C@]1(O[C@H]3C[C@@]4(O)C5=CC(=O)[C@@H]6[C@@H]7c8cc(O)cc(O)c8CC[C@]7(O)[C@@H](O)C[C@]6(C)[C@H]5[C@@]5(CC[C@@H]6C=c7ccccc7=C[C@@H]65)C[C@]4(C)[C@H]3[C@]1(O)CCO)[C@@H](O)[C@H]2C. The first-order chi connectivity index (χ1) is 31.7. The van der Waals surface area contributed by atoms with Crippen molar-refractivity contribution in [1.82, 2.24) is 5.32 Å². The van der Waals surface area contributed by atoms with Gasteiger partial charge >= 0.3 is 0 Å². The minimum absolute atomic E-state index is 0.0651. The number of phenols is 2. The Kier molecular flexibility index (Phi) is 9.46. The summed E-state index contributed by atoms with van der Waals surface area (Å²) in [6.45, 7) is 11.5. The van der Waals surface area contributed by atoms with E-state index in [4.69, 9.17) is 4.74 Å². The molecule has 6 fully saturated rings. The van der Waals surface area contributed by atoms with Gasteiger partial charge in [0.15, 0.2) is 5.78 Å². The van der Waals surface area contributed by atoms with Gasteiger partial charge in [0.1, 0.15) is 22.7 Å². The zero-order chi connectivity index (χ0) is 47.2. The third-order valence-corrected chi connectivity index (χ3v) is 21.8. The smallest absolute Gasteiger partial charge is 0.160 e. The number of aliphatic hydroxyl groups excluding tert-OH is 3. The standard InChI is InChI=1S/C56H71NO10/c1-6-57-27-33-24-49(3)14-13-37(33)56(48(63)29(49)2)54(65,17-18-58)47-42(67-56)25-55(66)39-23-41(61)45-44-36-21-34(59)22-40(60)35(36)12-16-53(44,64)43(62)26-50(45,4)46(39)52(28-51(47,55)5)15-11-32-19-30-9-7-8-10-31(30)20-38(32)52/h7-10,19-24,29,32,37-38,42-48,57-60,62-66H,6,11-18,25-28H2,1-5H3/t29-,32-,37+,38+,42+,43+,44+,45-,46+,47+,48+,49-,50+,51-,52+,53+,54-,55-,56+/m1/s1. The van der Waals surface area contributed by atoms with Gasteiger partial charge in [-0.2, -0.15) is 0 Å². The third kappa shape index (κ3) is 5.23. The quantitative estimate of drug-likeness (QED) is 0.196. The number of likely N-dealkylation sites (N-methyl/N-ethyl adjacent to an activating group) is 1. The highest BCUT2D eigenvalue weighted by Crippen LogP contribution is 2.81. The fourth-order valence-electron chi connectivity index (χ4n) is 19.2. The molecule has 0 amide bonds. The van der Waals surface area contributed by atoms with Crippen molar-refractivity contribution >= 4 is 17.9 Å². The van der Waals surface area contributed by atoms with Gasteiger partial charge in [-0.1, -0.05) is 82.7 Å². The van der Waals surface area contributed by atoms with Crippen molar-refractivity contribution in [3.05, 3.63) is 81.3 Å². The first kappa shape index (κ1) is 44.8. The Labute approximate surface area is 393 Å².